The van der Waals surface area contributed by atoms with Crippen LogP contribution in [0, 0.1) is 0 Å². The van der Waals surface area contributed by atoms with Crippen LogP contribution >= 0.6 is 0 Å². The monoisotopic (exact) mass is 189 g/mol. The lowest BCUT2D eigenvalue weighted by atomic mass is 10.1. The first kappa shape index (κ1) is 12.2. The highest BCUT2D eigenvalue weighted by Gasteiger charge is 2.24. The summed E-state index contributed by atoms with van der Waals surface area (Å²) in [4.78, 5) is 12.2. The summed E-state index contributed by atoms with van der Waals surface area (Å²) in [5.41, 5.74) is -0.360. The second kappa shape index (κ2) is 5.07. The van der Waals surface area contributed by atoms with Crippen LogP contribution in [0.2, 0.25) is 0 Å². The van der Waals surface area contributed by atoms with Crippen LogP contribution in [0.4, 0.5) is 4.79 Å². The first-order valence-corrected chi connectivity index (χ1v) is 4.51. The predicted octanol–water partition coefficient (Wildman–Crippen LogP) is 1.54. The number of hydrogen-bond donors (Lipinski definition) is 2. The topological polar surface area (TPSA) is 60.8 Å². The van der Waals surface area contributed by atoms with Gasteiger partial charge in [0.05, 0.1) is 0 Å². The number of carboxylic acid groups (broad SMARTS) is 1. The molecule has 0 bridgehead atoms. The molecule has 0 aromatic carbocycles. The molecule has 0 aliphatic heterocycles. The van der Waals surface area contributed by atoms with E-state index >= 15 is 0 Å². The molecule has 4 nitrogen and oxygen atoms in total. The molecule has 0 saturated heterocycles. The summed E-state index contributed by atoms with van der Waals surface area (Å²) < 4.78 is 0. The third-order valence-electron chi connectivity index (χ3n) is 1.83. The number of hydrogen-bond acceptors (Lipinski definition) is 2. The highest BCUT2D eigenvalue weighted by atomic mass is 16.4. The van der Waals surface area contributed by atoms with E-state index in [9.17, 15) is 4.79 Å². The smallest absolute Gasteiger partial charge is 0.407 e. The van der Waals surface area contributed by atoms with Crippen molar-refractivity contribution in [3.05, 3.63) is 0 Å². The van der Waals surface area contributed by atoms with Gasteiger partial charge in [0.2, 0.25) is 0 Å². The fourth-order valence-electron chi connectivity index (χ4n) is 1.10. The molecule has 0 saturated carbocycles. The average molecular weight is 189 g/mol. The minimum atomic E-state index is -0.898. The molecule has 0 atom stereocenters. The molecule has 0 radical (unpaired) electrons. The molecule has 0 unspecified atom stereocenters. The lowest BCUT2D eigenvalue weighted by Crippen LogP contribution is -2.45. The molecule has 78 valence electrons. The molecule has 0 heterocycles. The van der Waals surface area contributed by atoms with Gasteiger partial charge >= 0.3 is 6.09 Å². The number of carbonyl (C=O) groups is 1. The quantitative estimate of drug-likeness (QED) is 0.659. The van der Waals surface area contributed by atoms with E-state index in [0.717, 1.165) is 0 Å². The van der Waals surface area contributed by atoms with E-state index < -0.39 is 6.09 Å². The summed E-state index contributed by atoms with van der Waals surface area (Å²) in [6.45, 7) is 6.19. The number of nitrogens with zero attached hydrogens (tertiary/aromatic N) is 1. The molecular weight excluding hydrogens is 170 g/mol. The molecule has 0 fully saturated rings. The molecule has 4 heteroatoms. The van der Waals surface area contributed by atoms with Gasteiger partial charge < -0.3 is 15.1 Å². The molecule has 1 amide bonds. The van der Waals surface area contributed by atoms with Crippen LogP contribution in [0.15, 0.2) is 0 Å². The minimum absolute atomic E-state index is 0.123. The summed E-state index contributed by atoms with van der Waals surface area (Å²) >= 11 is 0. The first-order valence-electron chi connectivity index (χ1n) is 4.51. The van der Waals surface area contributed by atoms with Crippen molar-refractivity contribution in [3.63, 3.8) is 0 Å². The zero-order chi connectivity index (χ0) is 10.5. The summed E-state index contributed by atoms with van der Waals surface area (Å²) in [5, 5.41) is 17.4. The van der Waals surface area contributed by atoms with Crippen LogP contribution in [0.1, 0.15) is 33.6 Å². The van der Waals surface area contributed by atoms with Crippen LogP contribution in [0.25, 0.3) is 0 Å². The Morgan fingerprint density at radius 3 is 2.15 bits per heavy atom. The molecular formula is C9H19NO3. The zero-order valence-electron chi connectivity index (χ0n) is 8.58. The van der Waals surface area contributed by atoms with Crippen LogP contribution in [-0.4, -0.2) is 39.9 Å². The summed E-state index contributed by atoms with van der Waals surface area (Å²) in [7, 11) is 0. The largest absolute Gasteiger partial charge is 0.465 e. The van der Waals surface area contributed by atoms with E-state index in [4.69, 9.17) is 10.2 Å². The van der Waals surface area contributed by atoms with Crippen molar-refractivity contribution in [2.75, 3.05) is 13.2 Å². The Kier molecular flexibility index (Phi) is 4.77. The van der Waals surface area contributed by atoms with Crippen molar-refractivity contribution in [3.8, 4) is 0 Å². The Hall–Kier alpha value is -0.770. The Balaban J connectivity index is 4.04. The van der Waals surface area contributed by atoms with Gasteiger partial charge in [0.25, 0.3) is 0 Å². The number of rotatable bonds is 4. The van der Waals surface area contributed by atoms with E-state index in [0.29, 0.717) is 19.4 Å². The van der Waals surface area contributed by atoms with Crippen molar-refractivity contribution in [1.29, 1.82) is 0 Å². The Morgan fingerprint density at radius 1 is 1.31 bits per heavy atom. The zero-order valence-corrected chi connectivity index (χ0v) is 8.58. The van der Waals surface area contributed by atoms with E-state index in [1.807, 2.05) is 20.8 Å². The standard InChI is InChI=1S/C9H19NO3/c1-9(2,3)10(8(12)13)6-4-5-7-11/h11H,4-7H2,1-3H3,(H,12,13). The van der Waals surface area contributed by atoms with Crippen LogP contribution < -0.4 is 0 Å². The minimum Gasteiger partial charge on any atom is -0.465 e. The summed E-state index contributed by atoms with van der Waals surface area (Å²) in [5.74, 6) is 0. The van der Waals surface area contributed by atoms with Gasteiger partial charge in [-0.1, -0.05) is 0 Å². The Bertz CT molecular complexity index is 163. The van der Waals surface area contributed by atoms with Crippen molar-refractivity contribution in [2.24, 2.45) is 0 Å². The Morgan fingerprint density at radius 2 is 1.85 bits per heavy atom. The first-order chi connectivity index (χ1) is 5.89. The fraction of sp³-hybridized carbons (Fsp3) is 0.889. The van der Waals surface area contributed by atoms with Crippen LogP contribution in [0.5, 0.6) is 0 Å². The van der Waals surface area contributed by atoms with Gasteiger partial charge in [0, 0.05) is 18.7 Å². The lowest BCUT2D eigenvalue weighted by Gasteiger charge is -2.33. The summed E-state index contributed by atoms with van der Waals surface area (Å²) in [6, 6.07) is 0. The van der Waals surface area contributed by atoms with Crippen LogP contribution in [-0.2, 0) is 0 Å². The van der Waals surface area contributed by atoms with Gasteiger partial charge in [-0.15, -0.1) is 0 Å². The maximum Gasteiger partial charge on any atom is 0.407 e. The summed E-state index contributed by atoms with van der Waals surface area (Å²) in [6.07, 6.45) is 0.463. The maximum atomic E-state index is 10.8. The molecule has 2 N–H and O–H groups in total. The Labute approximate surface area is 79.2 Å². The van der Waals surface area contributed by atoms with E-state index in [1.165, 1.54) is 4.90 Å². The van der Waals surface area contributed by atoms with Crippen LogP contribution in [0.3, 0.4) is 0 Å². The number of amides is 1. The lowest BCUT2D eigenvalue weighted by molar-refractivity contribution is 0.0977. The fourth-order valence-corrected chi connectivity index (χ4v) is 1.10. The number of aliphatic hydroxyl groups excluding tert-OH is 1. The van der Waals surface area contributed by atoms with Gasteiger partial charge in [-0.2, -0.15) is 0 Å². The molecule has 13 heavy (non-hydrogen) atoms. The molecule has 0 aliphatic rings. The van der Waals surface area contributed by atoms with Gasteiger partial charge in [-0.25, -0.2) is 4.79 Å². The molecule has 0 spiro atoms. The second-order valence-electron chi connectivity index (χ2n) is 4.04. The number of aliphatic hydroxyl groups is 1. The average Bonchev–Trinajstić information content (AvgIpc) is 1.94. The molecule has 0 aromatic heterocycles. The predicted molar refractivity (Wildman–Crippen MR) is 50.8 cm³/mol. The van der Waals surface area contributed by atoms with E-state index in [1.54, 1.807) is 0 Å². The molecule has 0 aromatic rings. The molecule has 0 rings (SSSR count). The third kappa shape index (κ3) is 4.72. The third-order valence-corrected chi connectivity index (χ3v) is 1.83. The number of unbranched alkanes of at least 4 members (excludes halogenated alkanes) is 1. The van der Waals surface area contributed by atoms with E-state index in [2.05, 4.69) is 0 Å². The second-order valence-corrected chi connectivity index (χ2v) is 4.04. The van der Waals surface area contributed by atoms with E-state index in [-0.39, 0.29) is 12.1 Å². The highest BCUT2D eigenvalue weighted by molar-refractivity contribution is 5.65. The molecule has 0 aliphatic carbocycles. The van der Waals surface area contributed by atoms with Crippen molar-refractivity contribution in [1.82, 2.24) is 4.90 Å². The van der Waals surface area contributed by atoms with Gasteiger partial charge in [-0.05, 0) is 33.6 Å². The van der Waals surface area contributed by atoms with Gasteiger partial charge in [-0.3, -0.25) is 0 Å². The van der Waals surface area contributed by atoms with Crippen molar-refractivity contribution < 1.29 is 15.0 Å². The van der Waals surface area contributed by atoms with Gasteiger partial charge in [0.1, 0.15) is 0 Å². The normalized spacial score (nSPS) is 11.4. The van der Waals surface area contributed by atoms with Gasteiger partial charge in [0.15, 0.2) is 0 Å². The van der Waals surface area contributed by atoms with Crippen molar-refractivity contribution in [2.45, 2.75) is 39.2 Å². The van der Waals surface area contributed by atoms with Crippen molar-refractivity contribution >= 4 is 6.09 Å². The SMILES string of the molecule is CC(C)(C)N(CCCCO)C(=O)O. The maximum absolute atomic E-state index is 10.8. The highest BCUT2D eigenvalue weighted by Crippen LogP contribution is 2.14.